The standard InChI is InChI=1S/C23H25N3O4S/c1-15-13-26(14-16(2)29-15)22(27)18-9-10-19(28-3)20(12-18)30-23-24-21(25-31-23)11-17-7-5-4-6-8-17/h4-10,12,15-16H,11,13-14H2,1-3H3. The van der Waals surface area contributed by atoms with Crippen LogP contribution < -0.4 is 9.47 Å². The van der Waals surface area contributed by atoms with Gasteiger partial charge in [0.25, 0.3) is 11.1 Å². The van der Waals surface area contributed by atoms with Crippen LogP contribution in [0.15, 0.2) is 48.5 Å². The number of rotatable bonds is 6. The van der Waals surface area contributed by atoms with Crippen LogP contribution in [0.3, 0.4) is 0 Å². The lowest BCUT2D eigenvalue weighted by molar-refractivity contribution is -0.0586. The van der Waals surface area contributed by atoms with Crippen LogP contribution in [0.2, 0.25) is 0 Å². The summed E-state index contributed by atoms with van der Waals surface area (Å²) in [6.07, 6.45) is 0.640. The topological polar surface area (TPSA) is 73.8 Å². The lowest BCUT2D eigenvalue weighted by Crippen LogP contribution is -2.48. The molecule has 2 unspecified atom stereocenters. The fraction of sp³-hybridized carbons (Fsp3) is 0.348. The monoisotopic (exact) mass is 439 g/mol. The van der Waals surface area contributed by atoms with Gasteiger partial charge in [-0.25, -0.2) is 0 Å². The van der Waals surface area contributed by atoms with E-state index in [1.807, 2.05) is 49.1 Å². The minimum Gasteiger partial charge on any atom is -0.493 e. The van der Waals surface area contributed by atoms with Gasteiger partial charge in [0.05, 0.1) is 19.3 Å². The molecule has 31 heavy (non-hydrogen) atoms. The van der Waals surface area contributed by atoms with Crippen LogP contribution in [0, 0.1) is 0 Å². The van der Waals surface area contributed by atoms with Crippen LogP contribution in [0.25, 0.3) is 0 Å². The number of nitrogens with zero attached hydrogens (tertiary/aromatic N) is 3. The van der Waals surface area contributed by atoms with E-state index < -0.39 is 0 Å². The number of carbonyl (C=O) groups excluding carboxylic acids is 1. The molecule has 7 nitrogen and oxygen atoms in total. The molecule has 0 bridgehead atoms. The fourth-order valence-corrected chi connectivity index (χ4v) is 4.20. The van der Waals surface area contributed by atoms with Gasteiger partial charge in [-0.3, -0.25) is 4.79 Å². The van der Waals surface area contributed by atoms with Crippen LogP contribution in [-0.4, -0.2) is 52.6 Å². The number of hydrogen-bond donors (Lipinski definition) is 0. The van der Waals surface area contributed by atoms with Gasteiger partial charge in [0.15, 0.2) is 17.3 Å². The first-order valence-electron chi connectivity index (χ1n) is 10.2. The van der Waals surface area contributed by atoms with Crippen LogP contribution in [0.4, 0.5) is 0 Å². The average molecular weight is 440 g/mol. The van der Waals surface area contributed by atoms with Gasteiger partial charge >= 0.3 is 0 Å². The normalized spacial score (nSPS) is 18.6. The molecule has 0 radical (unpaired) electrons. The van der Waals surface area contributed by atoms with Crippen molar-refractivity contribution in [3.05, 3.63) is 65.5 Å². The summed E-state index contributed by atoms with van der Waals surface area (Å²) in [5.41, 5.74) is 1.66. The molecule has 0 aliphatic carbocycles. The lowest BCUT2D eigenvalue weighted by atomic mass is 10.1. The Hall–Kier alpha value is -2.97. The Kier molecular flexibility index (Phi) is 6.48. The van der Waals surface area contributed by atoms with E-state index in [2.05, 4.69) is 9.36 Å². The molecule has 162 valence electrons. The van der Waals surface area contributed by atoms with Gasteiger partial charge in [-0.15, -0.1) is 0 Å². The minimum atomic E-state index is -0.0588. The third kappa shape index (κ3) is 5.21. The number of morpholine rings is 1. The van der Waals surface area contributed by atoms with E-state index in [-0.39, 0.29) is 18.1 Å². The van der Waals surface area contributed by atoms with Crippen molar-refractivity contribution in [2.75, 3.05) is 20.2 Å². The molecule has 2 heterocycles. The largest absolute Gasteiger partial charge is 0.493 e. The van der Waals surface area contributed by atoms with E-state index in [0.717, 1.165) is 5.56 Å². The minimum absolute atomic E-state index is 0.00565. The van der Waals surface area contributed by atoms with Crippen LogP contribution in [-0.2, 0) is 11.2 Å². The van der Waals surface area contributed by atoms with Gasteiger partial charge in [-0.05, 0) is 37.6 Å². The first kappa shape index (κ1) is 21.3. The fourth-order valence-electron chi connectivity index (χ4n) is 3.64. The number of aromatic nitrogens is 2. The van der Waals surface area contributed by atoms with Crippen molar-refractivity contribution in [3.63, 3.8) is 0 Å². The number of ether oxygens (including phenoxy) is 3. The van der Waals surface area contributed by atoms with E-state index in [0.29, 0.717) is 47.6 Å². The molecule has 0 N–H and O–H groups in total. The molecule has 8 heteroatoms. The third-order valence-corrected chi connectivity index (χ3v) is 5.60. The van der Waals surface area contributed by atoms with E-state index >= 15 is 0 Å². The third-order valence-electron chi connectivity index (χ3n) is 4.97. The lowest BCUT2D eigenvalue weighted by Gasteiger charge is -2.35. The van der Waals surface area contributed by atoms with E-state index in [1.165, 1.54) is 11.5 Å². The Morgan fingerprint density at radius 1 is 1.13 bits per heavy atom. The van der Waals surface area contributed by atoms with Crippen LogP contribution >= 0.6 is 11.5 Å². The summed E-state index contributed by atoms with van der Waals surface area (Å²) in [6, 6.07) is 15.2. The van der Waals surface area contributed by atoms with Crippen molar-refractivity contribution in [3.8, 4) is 16.7 Å². The summed E-state index contributed by atoms with van der Waals surface area (Å²) < 4.78 is 21.5. The molecule has 1 amide bonds. The van der Waals surface area contributed by atoms with Gasteiger partial charge in [0.2, 0.25) is 0 Å². The second-order valence-corrected chi connectivity index (χ2v) is 8.29. The quantitative estimate of drug-likeness (QED) is 0.574. The van der Waals surface area contributed by atoms with E-state index in [4.69, 9.17) is 14.2 Å². The Balaban J connectivity index is 1.51. The number of carbonyl (C=O) groups is 1. The highest BCUT2D eigenvalue weighted by Crippen LogP contribution is 2.34. The summed E-state index contributed by atoms with van der Waals surface area (Å²) in [5, 5.41) is 0.405. The molecule has 4 rings (SSSR count). The molecule has 3 aromatic rings. The molecular formula is C23H25N3O4S. The summed E-state index contributed by atoms with van der Waals surface area (Å²) >= 11 is 1.17. The first-order chi connectivity index (χ1) is 15.0. The molecule has 1 fully saturated rings. The SMILES string of the molecule is COc1ccc(C(=O)N2CC(C)OC(C)C2)cc1Oc1nc(Cc2ccccc2)ns1. The van der Waals surface area contributed by atoms with E-state index in [1.54, 1.807) is 25.3 Å². The highest BCUT2D eigenvalue weighted by Gasteiger charge is 2.27. The smallest absolute Gasteiger partial charge is 0.298 e. The Labute approximate surface area is 185 Å². The van der Waals surface area contributed by atoms with Crippen molar-refractivity contribution in [1.29, 1.82) is 0 Å². The molecule has 1 saturated heterocycles. The van der Waals surface area contributed by atoms with Crippen molar-refractivity contribution in [1.82, 2.24) is 14.3 Å². The zero-order chi connectivity index (χ0) is 21.8. The maximum absolute atomic E-state index is 13.1. The molecule has 1 aliphatic rings. The average Bonchev–Trinajstić information content (AvgIpc) is 3.20. The molecule has 0 saturated carbocycles. The molecule has 0 spiro atoms. The van der Waals surface area contributed by atoms with Gasteiger partial charge in [-0.2, -0.15) is 9.36 Å². The summed E-state index contributed by atoms with van der Waals surface area (Å²) in [7, 11) is 1.57. The van der Waals surface area contributed by atoms with Crippen LogP contribution in [0.1, 0.15) is 35.6 Å². The van der Waals surface area contributed by atoms with Gasteiger partial charge in [0, 0.05) is 36.6 Å². The van der Waals surface area contributed by atoms with Gasteiger partial charge in [-0.1, -0.05) is 30.3 Å². The molecular weight excluding hydrogens is 414 g/mol. The summed E-state index contributed by atoms with van der Waals surface area (Å²) in [4.78, 5) is 19.3. The molecule has 1 aromatic heterocycles. The second kappa shape index (κ2) is 9.45. The predicted octanol–water partition coefficient (Wildman–Crippen LogP) is 4.18. The van der Waals surface area contributed by atoms with Crippen LogP contribution in [0.5, 0.6) is 16.7 Å². The second-order valence-electron chi connectivity index (χ2n) is 7.57. The predicted molar refractivity (Wildman–Crippen MR) is 118 cm³/mol. The summed E-state index contributed by atoms with van der Waals surface area (Å²) in [6.45, 7) is 5.07. The zero-order valence-corrected chi connectivity index (χ0v) is 18.6. The van der Waals surface area contributed by atoms with E-state index in [9.17, 15) is 4.79 Å². The number of methoxy groups -OCH3 is 1. The molecule has 1 aliphatic heterocycles. The Morgan fingerprint density at radius 2 is 1.87 bits per heavy atom. The number of hydrogen-bond acceptors (Lipinski definition) is 7. The first-order valence-corrected chi connectivity index (χ1v) is 11.0. The summed E-state index contributed by atoms with van der Waals surface area (Å²) in [5.74, 6) is 1.59. The van der Waals surface area contributed by atoms with Gasteiger partial charge in [0.1, 0.15) is 0 Å². The van der Waals surface area contributed by atoms with Crippen molar-refractivity contribution in [2.24, 2.45) is 0 Å². The molecule has 2 atom stereocenters. The maximum atomic E-state index is 13.1. The number of amides is 1. The Bertz CT molecular complexity index is 1030. The highest BCUT2D eigenvalue weighted by molar-refractivity contribution is 7.07. The molecule has 2 aromatic carbocycles. The Morgan fingerprint density at radius 3 is 2.58 bits per heavy atom. The zero-order valence-electron chi connectivity index (χ0n) is 17.8. The van der Waals surface area contributed by atoms with Gasteiger partial charge < -0.3 is 19.1 Å². The van der Waals surface area contributed by atoms with Crippen molar-refractivity contribution < 1.29 is 19.0 Å². The highest BCUT2D eigenvalue weighted by atomic mass is 32.1. The van der Waals surface area contributed by atoms with Crippen molar-refractivity contribution in [2.45, 2.75) is 32.5 Å². The number of benzene rings is 2. The van der Waals surface area contributed by atoms with Crippen molar-refractivity contribution >= 4 is 17.4 Å². The maximum Gasteiger partial charge on any atom is 0.298 e.